The predicted octanol–water partition coefficient (Wildman–Crippen LogP) is -2.29. The highest BCUT2D eigenvalue weighted by atomic mass is 31.3. The Labute approximate surface area is 240 Å². The number of rotatable bonds is 17. The average molecular weight is 820 g/mol. The van der Waals surface area contributed by atoms with Crippen LogP contribution in [0.2, 0.25) is 0 Å². The molecule has 0 bridgehead atoms. The second-order valence-corrected chi connectivity index (χ2v) is 18.4. The highest BCUT2D eigenvalue weighted by Gasteiger charge is 2.57. The Morgan fingerprint density at radius 1 is 0.455 bits per heavy atom. The lowest BCUT2D eigenvalue weighted by atomic mass is 9.99. The van der Waals surface area contributed by atoms with Crippen molar-refractivity contribution in [2.45, 2.75) is 30.7 Å². The van der Waals surface area contributed by atoms with E-state index in [1.54, 1.807) is 0 Å². The van der Waals surface area contributed by atoms with Crippen LogP contribution in [0.3, 0.4) is 0 Å². The summed E-state index contributed by atoms with van der Waals surface area (Å²) in [4.78, 5) is 109. The number of hydrogen-bond donors (Lipinski definition) is 13. The van der Waals surface area contributed by atoms with Crippen molar-refractivity contribution in [1.29, 1.82) is 0 Å². The molecule has 264 valence electrons. The van der Waals surface area contributed by atoms with Gasteiger partial charge in [-0.1, -0.05) is 0 Å². The fraction of sp³-hybridized carbons (Fsp3) is 1.00. The van der Waals surface area contributed by atoms with Gasteiger partial charge in [-0.3, -0.25) is 18.1 Å². The van der Waals surface area contributed by atoms with Crippen LogP contribution in [-0.2, 0) is 76.6 Å². The van der Waals surface area contributed by atoms with Crippen LogP contribution in [0.5, 0.6) is 0 Å². The number of phosphoric ester groups is 4. The van der Waals surface area contributed by atoms with Gasteiger partial charge in [0, 0.05) is 0 Å². The third kappa shape index (κ3) is 17.4. The van der Waals surface area contributed by atoms with Gasteiger partial charge in [-0.2, -0.15) is 17.2 Å². The number of aliphatic hydroxyl groups excluding tert-OH is 1. The number of phosphoric acid groups is 8. The molecule has 1 heterocycles. The van der Waals surface area contributed by atoms with Crippen LogP contribution >= 0.6 is 62.6 Å². The van der Waals surface area contributed by atoms with Crippen LogP contribution in [0.25, 0.3) is 0 Å². The van der Waals surface area contributed by atoms with Gasteiger partial charge >= 0.3 is 62.6 Å². The fourth-order valence-electron chi connectivity index (χ4n) is 2.64. The lowest BCUT2D eigenvalue weighted by molar-refractivity contribution is -0.275. The Morgan fingerprint density at radius 2 is 0.750 bits per heavy atom. The summed E-state index contributed by atoms with van der Waals surface area (Å²) in [7, 11) is -48.9. The van der Waals surface area contributed by atoms with Gasteiger partial charge in [-0.05, 0) is 0 Å². The first-order valence-corrected chi connectivity index (χ1v) is 21.6. The fourth-order valence-corrected chi connectivity index (χ4v) is 9.57. The Hall–Kier alpha value is 0.960. The molecular formula is C6H20O30P8. The zero-order valence-electron chi connectivity index (χ0n) is 19.9. The van der Waals surface area contributed by atoms with Crippen molar-refractivity contribution in [3.05, 3.63) is 0 Å². The quantitative estimate of drug-likeness (QED) is 0.0687. The van der Waals surface area contributed by atoms with Crippen molar-refractivity contribution >= 4 is 62.6 Å². The number of ether oxygens (including phenoxy) is 1. The Balaban J connectivity index is 3.76. The monoisotopic (exact) mass is 820 g/mol. The first-order valence-electron chi connectivity index (χ1n) is 9.52. The molecule has 0 aromatic heterocycles. The molecule has 30 nitrogen and oxygen atoms in total. The molecule has 1 aliphatic heterocycles. The summed E-state index contributed by atoms with van der Waals surface area (Å²) >= 11 is 0. The van der Waals surface area contributed by atoms with Crippen molar-refractivity contribution in [2.75, 3.05) is 6.61 Å². The van der Waals surface area contributed by atoms with Gasteiger partial charge in [0.05, 0.1) is 6.61 Å². The minimum Gasteiger partial charge on any atom is -0.366 e. The van der Waals surface area contributed by atoms with Crippen LogP contribution in [0.4, 0.5) is 0 Å². The maximum absolute atomic E-state index is 12.3. The van der Waals surface area contributed by atoms with E-state index in [1.807, 2.05) is 0 Å². The van der Waals surface area contributed by atoms with E-state index in [0.717, 1.165) is 0 Å². The first kappa shape index (κ1) is 43.0. The van der Waals surface area contributed by atoms with Crippen molar-refractivity contribution in [1.82, 2.24) is 0 Å². The molecule has 0 amide bonds. The van der Waals surface area contributed by atoms with Gasteiger partial charge in [0.25, 0.3) is 0 Å². The molecule has 0 spiro atoms. The minimum atomic E-state index is -6.40. The van der Waals surface area contributed by atoms with Gasteiger partial charge in [0.1, 0.15) is 24.4 Å². The van der Waals surface area contributed by atoms with E-state index in [1.165, 1.54) is 0 Å². The van der Waals surface area contributed by atoms with Crippen molar-refractivity contribution < 1.29 is 140 Å². The van der Waals surface area contributed by atoms with E-state index in [9.17, 15) is 61.2 Å². The maximum Gasteiger partial charge on any atom is 0.481 e. The lowest BCUT2D eigenvalue weighted by Gasteiger charge is -2.44. The van der Waals surface area contributed by atoms with Gasteiger partial charge in [-0.15, -0.1) is 0 Å². The minimum absolute atomic E-state index is 1.84. The molecular weight excluding hydrogens is 800 g/mol. The number of hydrogen-bond acceptors (Lipinski definition) is 18. The van der Waals surface area contributed by atoms with E-state index in [2.05, 4.69) is 40.1 Å². The topological polar surface area (TPSA) is 483 Å². The van der Waals surface area contributed by atoms with Crippen molar-refractivity contribution in [3.8, 4) is 0 Å². The molecule has 0 aliphatic carbocycles. The molecule has 0 aromatic carbocycles. The largest absolute Gasteiger partial charge is 0.481 e. The van der Waals surface area contributed by atoms with Gasteiger partial charge < -0.3 is 68.6 Å². The highest BCUT2D eigenvalue weighted by molar-refractivity contribution is 7.62. The molecule has 1 aliphatic rings. The Kier molecular flexibility index (Phi) is 14.5. The van der Waals surface area contributed by atoms with E-state index in [4.69, 9.17) is 39.1 Å². The van der Waals surface area contributed by atoms with Crippen LogP contribution < -0.4 is 0 Å². The summed E-state index contributed by atoms with van der Waals surface area (Å²) in [6.07, 6.45) is -15.4. The van der Waals surface area contributed by atoms with Crippen molar-refractivity contribution in [3.63, 3.8) is 0 Å². The molecule has 38 heteroatoms. The van der Waals surface area contributed by atoms with Gasteiger partial charge in [-0.25, -0.2) is 36.5 Å². The second kappa shape index (κ2) is 14.8. The number of aliphatic hydroxyl groups is 1. The van der Waals surface area contributed by atoms with Crippen LogP contribution in [0, 0.1) is 0 Å². The summed E-state index contributed by atoms with van der Waals surface area (Å²) in [5.74, 6) is 0. The molecule has 1 fully saturated rings. The maximum atomic E-state index is 12.3. The van der Waals surface area contributed by atoms with E-state index >= 15 is 0 Å². The standard InChI is InChI=1S/C6H20O30P8/c7-6-5(32-44(26,27)36-40(17,18)19)4(31-43(24,25)35-39(14,15)16)3(30-42(22,23)34-38(11,12)13)2(29-6)1-28-41(20,21)33-37(8,9)10/h2-7H,1H2,(H,20,21)(H,22,23)(H,24,25)(H,26,27)(H2,8,9,10)(H2,11,12,13)(H2,14,15,16)(H2,17,18,19)/t2-,3-,4+,5-,6+/m1/s1. The summed E-state index contributed by atoms with van der Waals surface area (Å²) in [6.45, 7) is -1.84. The third-order valence-corrected chi connectivity index (χ3v) is 12.3. The lowest BCUT2D eigenvalue weighted by Crippen LogP contribution is -2.60. The summed E-state index contributed by atoms with van der Waals surface area (Å²) in [5.41, 5.74) is 0. The third-order valence-electron chi connectivity index (χ3n) is 3.61. The molecule has 4 unspecified atom stereocenters. The zero-order valence-corrected chi connectivity index (χ0v) is 27.1. The van der Waals surface area contributed by atoms with Crippen LogP contribution in [-0.4, -0.2) is 101 Å². The highest BCUT2D eigenvalue weighted by Crippen LogP contribution is 2.64. The Bertz CT molecular complexity index is 1390. The SMILES string of the molecule is O=P(O)(O)OP(=O)(O)OC[C@H]1O[C@H](O)[C@H](OP(=O)(O)OP(=O)(O)O)[C@@H](OP(=O)(O)OP(=O)(O)O)[C@@H]1OP(=O)(O)OP(=O)(O)O. The Morgan fingerprint density at radius 3 is 1.09 bits per heavy atom. The summed E-state index contributed by atoms with van der Waals surface area (Å²) < 4.78 is 127. The zero-order chi connectivity index (χ0) is 35.0. The van der Waals surface area contributed by atoms with E-state index < -0.39 is 99.9 Å². The molecule has 0 saturated carbocycles. The first-order chi connectivity index (χ1) is 19.1. The van der Waals surface area contributed by atoms with E-state index in [0.29, 0.717) is 0 Å². The van der Waals surface area contributed by atoms with Crippen molar-refractivity contribution in [2.24, 2.45) is 0 Å². The second-order valence-electron chi connectivity index (χ2n) is 7.23. The molecule has 13 N–H and O–H groups in total. The molecule has 1 rings (SSSR count). The van der Waals surface area contributed by atoms with Crippen LogP contribution in [0.1, 0.15) is 0 Å². The molecule has 44 heavy (non-hydrogen) atoms. The smallest absolute Gasteiger partial charge is 0.366 e. The molecule has 0 radical (unpaired) electrons. The predicted molar refractivity (Wildman–Crippen MR) is 123 cm³/mol. The molecule has 9 atom stereocenters. The summed E-state index contributed by atoms with van der Waals surface area (Å²) in [6, 6.07) is 0. The molecule has 0 aromatic rings. The average Bonchev–Trinajstić information content (AvgIpc) is 2.63. The van der Waals surface area contributed by atoms with Crippen LogP contribution in [0.15, 0.2) is 0 Å². The normalized spacial score (nSPS) is 29.6. The van der Waals surface area contributed by atoms with E-state index in [-0.39, 0.29) is 0 Å². The summed E-state index contributed by atoms with van der Waals surface area (Å²) in [5, 5.41) is 10.3. The van der Waals surface area contributed by atoms with Gasteiger partial charge in [0.15, 0.2) is 6.29 Å². The molecule has 1 saturated heterocycles. The van der Waals surface area contributed by atoms with Gasteiger partial charge in [0.2, 0.25) is 0 Å².